The van der Waals surface area contributed by atoms with Crippen molar-refractivity contribution in [3.63, 3.8) is 0 Å². The molecule has 0 aromatic heterocycles. The van der Waals surface area contributed by atoms with E-state index in [1.54, 1.807) is 6.92 Å². The van der Waals surface area contributed by atoms with Gasteiger partial charge in [-0.3, -0.25) is 14.5 Å². The molecule has 1 aliphatic rings. The van der Waals surface area contributed by atoms with Crippen LogP contribution in [0.15, 0.2) is 18.2 Å². The van der Waals surface area contributed by atoms with E-state index in [2.05, 4.69) is 5.32 Å². The molecule has 0 bridgehead atoms. The average molecular weight is 296 g/mol. The van der Waals surface area contributed by atoms with Crippen LogP contribution in [-0.2, 0) is 4.79 Å². The largest absolute Gasteiger partial charge is 0.352 e. The van der Waals surface area contributed by atoms with E-state index < -0.39 is 17.7 Å². The van der Waals surface area contributed by atoms with Gasteiger partial charge in [-0.05, 0) is 25.5 Å². The van der Waals surface area contributed by atoms with Crippen LogP contribution in [0.4, 0.5) is 8.78 Å². The summed E-state index contributed by atoms with van der Waals surface area (Å²) in [4.78, 5) is 25.2. The number of hydrogen-bond acceptors (Lipinski definition) is 3. The molecule has 21 heavy (non-hydrogen) atoms. The first-order valence-corrected chi connectivity index (χ1v) is 6.89. The van der Waals surface area contributed by atoms with Gasteiger partial charge in [0.25, 0.3) is 0 Å². The molecule has 2 unspecified atom stereocenters. The molecule has 1 aliphatic heterocycles. The van der Waals surface area contributed by atoms with E-state index in [1.807, 2.05) is 4.90 Å². The third kappa shape index (κ3) is 3.64. The Balaban J connectivity index is 2.04. The third-order valence-electron chi connectivity index (χ3n) is 3.75. The molecule has 2 rings (SSSR count). The summed E-state index contributed by atoms with van der Waals surface area (Å²) >= 11 is 0. The van der Waals surface area contributed by atoms with Gasteiger partial charge < -0.3 is 5.32 Å². The molecule has 0 spiro atoms. The lowest BCUT2D eigenvalue weighted by molar-refractivity contribution is -0.119. The Hall–Kier alpha value is -1.82. The van der Waals surface area contributed by atoms with Crippen molar-refractivity contribution in [2.75, 3.05) is 13.1 Å². The number of amides is 1. The number of ketones is 1. The number of nitrogens with one attached hydrogen (secondary N) is 1. The molecule has 0 saturated carbocycles. The molecule has 1 aromatic rings. The Kier molecular flexibility index (Phi) is 4.67. The second-order valence-electron chi connectivity index (χ2n) is 5.35. The first-order chi connectivity index (χ1) is 9.88. The van der Waals surface area contributed by atoms with Crippen LogP contribution in [0.2, 0.25) is 0 Å². The third-order valence-corrected chi connectivity index (χ3v) is 3.75. The van der Waals surface area contributed by atoms with E-state index in [9.17, 15) is 18.4 Å². The minimum atomic E-state index is -0.843. The fourth-order valence-electron chi connectivity index (χ4n) is 2.62. The summed E-state index contributed by atoms with van der Waals surface area (Å²) in [5.41, 5.74) is -0.105. The van der Waals surface area contributed by atoms with Gasteiger partial charge in [0.1, 0.15) is 11.6 Å². The van der Waals surface area contributed by atoms with E-state index in [-0.39, 0.29) is 23.3 Å². The maximum absolute atomic E-state index is 13.7. The van der Waals surface area contributed by atoms with E-state index in [1.165, 1.54) is 13.0 Å². The first kappa shape index (κ1) is 15.6. The van der Waals surface area contributed by atoms with Crippen LogP contribution < -0.4 is 5.32 Å². The fourth-order valence-corrected chi connectivity index (χ4v) is 2.62. The number of carbonyl (C=O) groups is 2. The Morgan fingerprint density at radius 2 is 2.10 bits per heavy atom. The van der Waals surface area contributed by atoms with Crippen LogP contribution >= 0.6 is 0 Å². The molecule has 6 heteroatoms. The number of halogens is 2. The van der Waals surface area contributed by atoms with Crippen molar-refractivity contribution in [1.82, 2.24) is 10.2 Å². The number of hydrogen-bond donors (Lipinski definition) is 1. The van der Waals surface area contributed by atoms with Crippen LogP contribution in [0.3, 0.4) is 0 Å². The van der Waals surface area contributed by atoms with E-state index in [0.29, 0.717) is 19.2 Å². The summed E-state index contributed by atoms with van der Waals surface area (Å²) in [5.74, 6) is -2.03. The monoisotopic (exact) mass is 296 g/mol. The van der Waals surface area contributed by atoms with Gasteiger partial charge >= 0.3 is 0 Å². The van der Waals surface area contributed by atoms with Gasteiger partial charge in [0, 0.05) is 32.1 Å². The second kappa shape index (κ2) is 6.30. The van der Waals surface area contributed by atoms with Crippen LogP contribution in [0.5, 0.6) is 0 Å². The SMILES string of the molecule is CC(=O)NC1CCN(C(C)C(=O)c2ccc(F)cc2F)C1. The van der Waals surface area contributed by atoms with Crippen LogP contribution in [0.25, 0.3) is 0 Å². The van der Waals surface area contributed by atoms with Crippen molar-refractivity contribution < 1.29 is 18.4 Å². The maximum atomic E-state index is 13.7. The van der Waals surface area contributed by atoms with Gasteiger partial charge in [-0.1, -0.05) is 0 Å². The standard InChI is InChI=1S/C15H18F2N2O2/c1-9(19-6-5-12(8-19)18-10(2)20)15(21)13-4-3-11(16)7-14(13)17/h3-4,7,9,12H,5-6,8H2,1-2H3,(H,18,20). The molecule has 2 atom stereocenters. The topological polar surface area (TPSA) is 49.4 Å². The molecule has 1 fully saturated rings. The van der Waals surface area contributed by atoms with E-state index in [4.69, 9.17) is 0 Å². The van der Waals surface area contributed by atoms with E-state index in [0.717, 1.165) is 12.5 Å². The molecule has 0 radical (unpaired) electrons. The molecule has 1 heterocycles. The zero-order valence-electron chi connectivity index (χ0n) is 12.0. The summed E-state index contributed by atoms with van der Waals surface area (Å²) in [5, 5.41) is 2.81. The lowest BCUT2D eigenvalue weighted by Gasteiger charge is -2.23. The van der Waals surface area contributed by atoms with Crippen molar-refractivity contribution in [2.24, 2.45) is 0 Å². The quantitative estimate of drug-likeness (QED) is 0.861. The minimum Gasteiger partial charge on any atom is -0.352 e. The summed E-state index contributed by atoms with van der Waals surface area (Å²) in [7, 11) is 0. The van der Waals surface area contributed by atoms with Gasteiger partial charge in [-0.25, -0.2) is 8.78 Å². The molecule has 0 aliphatic carbocycles. The lowest BCUT2D eigenvalue weighted by atomic mass is 10.0. The Morgan fingerprint density at radius 3 is 2.71 bits per heavy atom. The Morgan fingerprint density at radius 1 is 1.38 bits per heavy atom. The lowest BCUT2D eigenvalue weighted by Crippen LogP contribution is -2.41. The molecule has 4 nitrogen and oxygen atoms in total. The molecule has 1 saturated heterocycles. The van der Waals surface area contributed by atoms with Crippen molar-refractivity contribution in [3.05, 3.63) is 35.4 Å². The van der Waals surface area contributed by atoms with Gasteiger partial charge in [0.05, 0.1) is 11.6 Å². The molecule has 114 valence electrons. The smallest absolute Gasteiger partial charge is 0.217 e. The molecule has 1 N–H and O–H groups in total. The molecule has 1 aromatic carbocycles. The van der Waals surface area contributed by atoms with Crippen LogP contribution in [0.1, 0.15) is 30.6 Å². The number of rotatable bonds is 4. The van der Waals surface area contributed by atoms with Gasteiger partial charge in [0.15, 0.2) is 5.78 Å². The fraction of sp³-hybridized carbons (Fsp3) is 0.467. The van der Waals surface area contributed by atoms with Gasteiger partial charge in [0.2, 0.25) is 5.91 Å². The van der Waals surface area contributed by atoms with Crippen molar-refractivity contribution in [3.8, 4) is 0 Å². The van der Waals surface area contributed by atoms with Crippen LogP contribution in [-0.4, -0.2) is 41.8 Å². The second-order valence-corrected chi connectivity index (χ2v) is 5.35. The van der Waals surface area contributed by atoms with Crippen molar-refractivity contribution in [2.45, 2.75) is 32.4 Å². The number of Topliss-reactive ketones (excluding diaryl/α,β-unsaturated/α-hetero) is 1. The maximum Gasteiger partial charge on any atom is 0.217 e. The molecular formula is C15H18F2N2O2. The van der Waals surface area contributed by atoms with Gasteiger partial charge in [-0.15, -0.1) is 0 Å². The van der Waals surface area contributed by atoms with Crippen molar-refractivity contribution in [1.29, 1.82) is 0 Å². The number of nitrogens with zero attached hydrogens (tertiary/aromatic N) is 1. The van der Waals surface area contributed by atoms with Crippen molar-refractivity contribution >= 4 is 11.7 Å². The molecular weight excluding hydrogens is 278 g/mol. The molecule has 1 amide bonds. The Bertz CT molecular complexity index is 563. The first-order valence-electron chi connectivity index (χ1n) is 6.89. The van der Waals surface area contributed by atoms with E-state index >= 15 is 0 Å². The highest BCUT2D eigenvalue weighted by Gasteiger charge is 2.31. The Labute approximate surface area is 122 Å². The summed E-state index contributed by atoms with van der Waals surface area (Å²) in [6.07, 6.45) is 0.753. The average Bonchev–Trinajstić information content (AvgIpc) is 2.84. The highest BCUT2D eigenvalue weighted by Crippen LogP contribution is 2.18. The van der Waals surface area contributed by atoms with Crippen LogP contribution in [0, 0.1) is 11.6 Å². The summed E-state index contributed by atoms with van der Waals surface area (Å²) in [6.45, 7) is 4.35. The van der Waals surface area contributed by atoms with Gasteiger partial charge in [-0.2, -0.15) is 0 Å². The summed E-state index contributed by atoms with van der Waals surface area (Å²) in [6, 6.07) is 2.46. The predicted molar refractivity (Wildman–Crippen MR) is 73.9 cm³/mol. The zero-order valence-corrected chi connectivity index (χ0v) is 12.0. The summed E-state index contributed by atoms with van der Waals surface area (Å²) < 4.78 is 26.5. The predicted octanol–water partition coefficient (Wildman–Crippen LogP) is 1.75. The highest BCUT2D eigenvalue weighted by atomic mass is 19.1. The zero-order chi connectivity index (χ0) is 15.6. The number of benzene rings is 1. The highest BCUT2D eigenvalue weighted by molar-refractivity contribution is 6.00. The number of carbonyl (C=O) groups excluding carboxylic acids is 2. The number of likely N-dealkylation sites (tertiary alicyclic amines) is 1. The normalized spacial score (nSPS) is 20.3. The minimum absolute atomic E-state index is 0.0100.